The van der Waals surface area contributed by atoms with Crippen molar-refractivity contribution >= 4 is 23.8 Å². The molecule has 3 amide bonds. The van der Waals surface area contributed by atoms with Crippen molar-refractivity contribution in [1.82, 2.24) is 21.1 Å². The summed E-state index contributed by atoms with van der Waals surface area (Å²) < 4.78 is 74.2. The van der Waals surface area contributed by atoms with Crippen LogP contribution in [0.15, 0.2) is 78.5 Å². The number of hydrogen-bond acceptors (Lipinski definition) is 8. The van der Waals surface area contributed by atoms with Gasteiger partial charge in [-0.15, -0.1) is 0 Å². The number of hydrazine groups is 1. The quantitative estimate of drug-likeness (QED) is 0.145. The summed E-state index contributed by atoms with van der Waals surface area (Å²) in [6.07, 6.45) is -3.67. The third kappa shape index (κ3) is 10.5. The second kappa shape index (κ2) is 15.8. The molecule has 1 saturated carbocycles. The Labute approximate surface area is 317 Å². The predicted octanol–water partition coefficient (Wildman–Crippen LogP) is 7.98. The van der Waals surface area contributed by atoms with Crippen LogP contribution in [0.3, 0.4) is 0 Å². The Hall–Kier alpha value is -5.31. The summed E-state index contributed by atoms with van der Waals surface area (Å²) in [5, 5.41) is 5.10. The molecular weight excluding hydrogens is 722 g/mol. The summed E-state index contributed by atoms with van der Waals surface area (Å²) in [6, 6.07) is 16.2. The molecular formula is C40H47F4N5O6. The molecule has 1 heterocycles. The van der Waals surface area contributed by atoms with E-state index in [1.165, 1.54) is 37.4 Å². The van der Waals surface area contributed by atoms with E-state index in [9.17, 15) is 27.6 Å². The molecule has 55 heavy (non-hydrogen) atoms. The SMILES string of the molecule is COc1ccc(C(c2ccc(F)c(NC(=O)C3(c4cccc(CNC(=O)OC(C)(C)C)c4)C=C(C(F)(F)F)NN3)c2)N(CC2CC2)C(=O)OC(C)(C)C)cc1. The largest absolute Gasteiger partial charge is 0.497 e. The highest BCUT2D eigenvalue weighted by molar-refractivity contribution is 6.01. The van der Waals surface area contributed by atoms with Gasteiger partial charge in [-0.3, -0.25) is 9.69 Å². The van der Waals surface area contributed by atoms with Crippen LogP contribution >= 0.6 is 0 Å². The van der Waals surface area contributed by atoms with E-state index in [1.54, 1.807) is 76.8 Å². The highest BCUT2D eigenvalue weighted by atomic mass is 19.4. The Balaban J connectivity index is 1.53. The van der Waals surface area contributed by atoms with Crippen LogP contribution in [-0.2, 0) is 26.4 Å². The average molecular weight is 770 g/mol. The van der Waals surface area contributed by atoms with Crippen molar-refractivity contribution in [3.8, 4) is 5.75 Å². The van der Waals surface area contributed by atoms with Gasteiger partial charge in [0.05, 0.1) is 18.8 Å². The number of carbonyl (C=O) groups excluding carboxylic acids is 3. The van der Waals surface area contributed by atoms with E-state index in [-0.39, 0.29) is 23.7 Å². The summed E-state index contributed by atoms with van der Waals surface area (Å²) in [5.74, 6) is -1.12. The lowest BCUT2D eigenvalue weighted by molar-refractivity contribution is -0.121. The van der Waals surface area contributed by atoms with E-state index >= 15 is 4.39 Å². The lowest BCUT2D eigenvalue weighted by Gasteiger charge is -2.35. The summed E-state index contributed by atoms with van der Waals surface area (Å²) in [7, 11) is 1.52. The van der Waals surface area contributed by atoms with Gasteiger partial charge in [-0.25, -0.2) is 19.4 Å². The van der Waals surface area contributed by atoms with Crippen LogP contribution in [0.2, 0.25) is 0 Å². The Morgan fingerprint density at radius 3 is 2.15 bits per heavy atom. The van der Waals surface area contributed by atoms with Crippen LogP contribution in [0.25, 0.3) is 0 Å². The maximum Gasteiger partial charge on any atom is 0.432 e. The summed E-state index contributed by atoms with van der Waals surface area (Å²) in [5.41, 5.74) is 0.735. The number of ether oxygens (including phenoxy) is 3. The van der Waals surface area contributed by atoms with E-state index in [0.29, 0.717) is 35.1 Å². The van der Waals surface area contributed by atoms with E-state index in [2.05, 4.69) is 21.5 Å². The Bertz CT molecular complexity index is 1920. The van der Waals surface area contributed by atoms with Gasteiger partial charge in [0, 0.05) is 13.1 Å². The van der Waals surface area contributed by atoms with Crippen molar-refractivity contribution < 1.29 is 46.2 Å². The van der Waals surface area contributed by atoms with E-state index in [1.807, 2.05) is 0 Å². The fourth-order valence-corrected chi connectivity index (χ4v) is 5.98. The lowest BCUT2D eigenvalue weighted by Crippen LogP contribution is -2.51. The Kier molecular flexibility index (Phi) is 11.7. The number of hydrogen-bond donors (Lipinski definition) is 4. The van der Waals surface area contributed by atoms with Crippen LogP contribution in [0, 0.1) is 11.7 Å². The number of rotatable bonds is 11. The van der Waals surface area contributed by atoms with Crippen molar-refractivity contribution in [1.29, 1.82) is 0 Å². The molecule has 3 aromatic rings. The number of carbonyl (C=O) groups is 3. The summed E-state index contributed by atoms with van der Waals surface area (Å²) >= 11 is 0. The van der Waals surface area contributed by atoms with Gasteiger partial charge in [0.15, 0.2) is 5.54 Å². The molecule has 11 nitrogen and oxygen atoms in total. The molecule has 1 aliphatic carbocycles. The fourth-order valence-electron chi connectivity index (χ4n) is 5.98. The number of halogens is 4. The molecule has 2 unspecified atom stereocenters. The molecule has 2 aliphatic rings. The zero-order valence-electron chi connectivity index (χ0n) is 31.8. The Morgan fingerprint density at radius 1 is 0.909 bits per heavy atom. The first-order chi connectivity index (χ1) is 25.7. The van der Waals surface area contributed by atoms with Gasteiger partial charge < -0.3 is 30.3 Å². The molecule has 0 bridgehead atoms. The first-order valence-electron chi connectivity index (χ1n) is 17.8. The van der Waals surface area contributed by atoms with Crippen LogP contribution in [0.5, 0.6) is 5.75 Å². The maximum absolute atomic E-state index is 15.7. The van der Waals surface area contributed by atoms with Crippen molar-refractivity contribution in [2.75, 3.05) is 19.0 Å². The zero-order chi connectivity index (χ0) is 40.3. The fraction of sp³-hybridized carbons (Fsp3) is 0.425. The molecule has 2 atom stereocenters. The van der Waals surface area contributed by atoms with Crippen LogP contribution in [0.1, 0.15) is 82.7 Å². The third-order valence-corrected chi connectivity index (χ3v) is 8.71. The molecule has 0 aromatic heterocycles. The second-order valence-corrected chi connectivity index (χ2v) is 15.6. The van der Waals surface area contributed by atoms with Gasteiger partial charge in [-0.05, 0) is 113 Å². The number of benzene rings is 3. The number of alkyl carbamates (subject to hydrolysis) is 1. The molecule has 0 radical (unpaired) electrons. The monoisotopic (exact) mass is 769 g/mol. The van der Waals surface area contributed by atoms with E-state index < -0.39 is 58.6 Å². The molecule has 296 valence electrons. The molecule has 1 fully saturated rings. The molecule has 0 saturated heterocycles. The molecule has 4 N–H and O–H groups in total. The van der Waals surface area contributed by atoms with Gasteiger partial charge in [-0.1, -0.05) is 42.5 Å². The molecule has 15 heteroatoms. The van der Waals surface area contributed by atoms with Gasteiger partial charge >= 0.3 is 18.4 Å². The van der Waals surface area contributed by atoms with Crippen LogP contribution in [-0.4, -0.2) is 54.0 Å². The number of amides is 3. The highest BCUT2D eigenvalue weighted by Gasteiger charge is 2.49. The smallest absolute Gasteiger partial charge is 0.432 e. The van der Waals surface area contributed by atoms with Crippen molar-refractivity contribution in [2.45, 2.75) is 89.9 Å². The van der Waals surface area contributed by atoms with Gasteiger partial charge in [-0.2, -0.15) is 13.2 Å². The van der Waals surface area contributed by atoms with Gasteiger partial charge in [0.2, 0.25) is 0 Å². The van der Waals surface area contributed by atoms with Crippen LogP contribution < -0.4 is 26.2 Å². The lowest BCUT2D eigenvalue weighted by atomic mass is 9.88. The number of nitrogens with one attached hydrogen (secondary N) is 4. The standard InChI is InChI=1S/C40H47F4N5O6/c1-37(2,3)54-35(51)45-22-25-9-8-10-28(19-25)39(21-32(47-48-39)40(42,43)44)34(50)46-31-20-27(15-18-30(31)41)33(26-13-16-29(53-7)17-14-26)49(23-24-11-12-24)36(52)55-38(4,5)6/h8-10,13-21,24,33,47-48H,11-12,22-23H2,1-7H3,(H,45,51)(H,46,50). The van der Waals surface area contributed by atoms with Crippen molar-refractivity contribution in [2.24, 2.45) is 5.92 Å². The first kappa shape index (κ1) is 40.9. The van der Waals surface area contributed by atoms with Crippen molar-refractivity contribution in [3.63, 3.8) is 0 Å². The molecule has 3 aromatic carbocycles. The number of alkyl halides is 3. The van der Waals surface area contributed by atoms with E-state index in [4.69, 9.17) is 14.2 Å². The number of methoxy groups -OCH3 is 1. The summed E-state index contributed by atoms with van der Waals surface area (Å²) in [6.45, 7) is 10.6. The van der Waals surface area contributed by atoms with Gasteiger partial charge in [0.1, 0.15) is 28.5 Å². The van der Waals surface area contributed by atoms with Crippen molar-refractivity contribution in [3.05, 3.63) is 107 Å². The normalized spacial score (nSPS) is 17.7. The minimum atomic E-state index is -4.87. The number of anilines is 1. The zero-order valence-corrected chi connectivity index (χ0v) is 31.8. The topological polar surface area (TPSA) is 130 Å². The number of nitrogens with zero attached hydrogens (tertiary/aromatic N) is 1. The Morgan fingerprint density at radius 2 is 1.56 bits per heavy atom. The minimum Gasteiger partial charge on any atom is -0.497 e. The first-order valence-corrected chi connectivity index (χ1v) is 17.8. The number of allylic oxidation sites excluding steroid dienone is 1. The highest BCUT2D eigenvalue weighted by Crippen LogP contribution is 2.39. The molecule has 0 spiro atoms. The molecule has 1 aliphatic heterocycles. The van der Waals surface area contributed by atoms with Gasteiger partial charge in [0.25, 0.3) is 5.91 Å². The molecule has 5 rings (SSSR count). The van der Waals surface area contributed by atoms with Crippen LogP contribution in [0.4, 0.5) is 32.8 Å². The van der Waals surface area contributed by atoms with E-state index in [0.717, 1.165) is 18.9 Å². The third-order valence-electron chi connectivity index (χ3n) is 8.71. The summed E-state index contributed by atoms with van der Waals surface area (Å²) in [4.78, 5) is 42.0. The predicted molar refractivity (Wildman–Crippen MR) is 197 cm³/mol. The maximum atomic E-state index is 15.7. The minimum absolute atomic E-state index is 0.0634. The second-order valence-electron chi connectivity index (χ2n) is 15.6. The average Bonchev–Trinajstić information content (AvgIpc) is 3.79.